The van der Waals surface area contributed by atoms with Crippen molar-refractivity contribution in [2.24, 2.45) is 0 Å². The molecule has 4 nitrogen and oxygen atoms in total. The molecular formula is C22H18ClNO3. The standard InChI is InChI=1S/C22H18ClNO3/c23-19-11-6-10-18(14-19)22(26)27-15-21(25)24-20-12-5-4-9-17(20)13-16-7-2-1-3-8-16/h1-12,14H,13,15H2,(H,24,25). The summed E-state index contributed by atoms with van der Waals surface area (Å²) in [7, 11) is 0. The van der Waals surface area contributed by atoms with Crippen molar-refractivity contribution in [3.05, 3.63) is 101 Å². The first-order valence-corrected chi connectivity index (χ1v) is 8.84. The van der Waals surface area contributed by atoms with Gasteiger partial charge in [-0.15, -0.1) is 0 Å². The fourth-order valence-corrected chi connectivity index (χ4v) is 2.82. The molecule has 0 aliphatic carbocycles. The lowest BCUT2D eigenvalue weighted by Crippen LogP contribution is -2.21. The molecular weight excluding hydrogens is 362 g/mol. The number of para-hydroxylation sites is 1. The van der Waals surface area contributed by atoms with Crippen LogP contribution in [0.1, 0.15) is 21.5 Å². The van der Waals surface area contributed by atoms with Gasteiger partial charge in [0.2, 0.25) is 0 Å². The zero-order valence-electron chi connectivity index (χ0n) is 14.5. The van der Waals surface area contributed by atoms with Gasteiger partial charge >= 0.3 is 5.97 Å². The van der Waals surface area contributed by atoms with Gasteiger partial charge in [-0.25, -0.2) is 4.79 Å². The van der Waals surface area contributed by atoms with Crippen LogP contribution in [0.2, 0.25) is 5.02 Å². The van der Waals surface area contributed by atoms with E-state index in [1.165, 1.54) is 6.07 Å². The monoisotopic (exact) mass is 379 g/mol. The molecule has 5 heteroatoms. The lowest BCUT2D eigenvalue weighted by molar-refractivity contribution is -0.119. The zero-order valence-corrected chi connectivity index (χ0v) is 15.3. The molecule has 3 aromatic rings. The average molecular weight is 380 g/mol. The molecule has 0 heterocycles. The van der Waals surface area contributed by atoms with Crippen LogP contribution in [-0.2, 0) is 16.0 Å². The summed E-state index contributed by atoms with van der Waals surface area (Å²) in [6.45, 7) is -0.370. The number of anilines is 1. The summed E-state index contributed by atoms with van der Waals surface area (Å²) < 4.78 is 5.07. The summed E-state index contributed by atoms with van der Waals surface area (Å²) in [6, 6.07) is 23.9. The van der Waals surface area contributed by atoms with E-state index >= 15 is 0 Å². The van der Waals surface area contributed by atoms with Gasteiger partial charge in [0.05, 0.1) is 5.56 Å². The number of hydrogen-bond acceptors (Lipinski definition) is 3. The van der Waals surface area contributed by atoms with Gasteiger partial charge in [0.1, 0.15) is 0 Å². The molecule has 0 atom stereocenters. The molecule has 0 aliphatic heterocycles. The molecule has 1 N–H and O–H groups in total. The SMILES string of the molecule is O=C(COC(=O)c1cccc(Cl)c1)Nc1ccccc1Cc1ccccc1. The predicted octanol–water partition coefficient (Wildman–Crippen LogP) is 4.73. The van der Waals surface area contributed by atoms with Crippen molar-refractivity contribution in [1.29, 1.82) is 0 Å². The number of nitrogens with one attached hydrogen (secondary N) is 1. The third-order valence-electron chi connectivity index (χ3n) is 3.92. The molecule has 0 aliphatic rings. The Morgan fingerprint density at radius 2 is 1.63 bits per heavy atom. The van der Waals surface area contributed by atoms with Gasteiger partial charge in [0.25, 0.3) is 5.91 Å². The highest BCUT2D eigenvalue weighted by atomic mass is 35.5. The molecule has 27 heavy (non-hydrogen) atoms. The highest BCUT2D eigenvalue weighted by Gasteiger charge is 2.12. The maximum absolute atomic E-state index is 12.2. The highest BCUT2D eigenvalue weighted by molar-refractivity contribution is 6.30. The Labute approximate surface area is 162 Å². The highest BCUT2D eigenvalue weighted by Crippen LogP contribution is 2.19. The van der Waals surface area contributed by atoms with Gasteiger partial charge in [-0.2, -0.15) is 0 Å². The van der Waals surface area contributed by atoms with Gasteiger partial charge in [-0.3, -0.25) is 4.79 Å². The van der Waals surface area contributed by atoms with Crippen molar-refractivity contribution in [3.8, 4) is 0 Å². The fraction of sp³-hybridized carbons (Fsp3) is 0.0909. The van der Waals surface area contributed by atoms with E-state index < -0.39 is 11.9 Å². The number of ether oxygens (including phenoxy) is 1. The van der Waals surface area contributed by atoms with Gasteiger partial charge in [-0.05, 0) is 41.8 Å². The predicted molar refractivity (Wildman–Crippen MR) is 106 cm³/mol. The van der Waals surface area contributed by atoms with Gasteiger partial charge in [0.15, 0.2) is 6.61 Å². The van der Waals surface area contributed by atoms with E-state index in [2.05, 4.69) is 5.32 Å². The summed E-state index contributed by atoms with van der Waals surface area (Å²) in [6.07, 6.45) is 0.694. The van der Waals surface area contributed by atoms with Crippen LogP contribution in [0.25, 0.3) is 0 Å². The second-order valence-corrected chi connectivity index (χ2v) is 6.39. The summed E-state index contributed by atoms with van der Waals surface area (Å²) in [4.78, 5) is 24.2. The number of rotatable bonds is 6. The smallest absolute Gasteiger partial charge is 0.338 e. The molecule has 0 unspecified atom stereocenters. The molecule has 0 radical (unpaired) electrons. The molecule has 3 aromatic carbocycles. The van der Waals surface area contributed by atoms with E-state index in [0.29, 0.717) is 22.7 Å². The minimum atomic E-state index is -0.592. The number of benzene rings is 3. The Bertz CT molecular complexity index is 941. The van der Waals surface area contributed by atoms with E-state index in [1.807, 2.05) is 54.6 Å². The van der Waals surface area contributed by atoms with Crippen LogP contribution < -0.4 is 5.32 Å². The van der Waals surface area contributed by atoms with E-state index in [1.54, 1.807) is 18.2 Å². The number of hydrogen-bond donors (Lipinski definition) is 1. The normalized spacial score (nSPS) is 10.3. The molecule has 136 valence electrons. The molecule has 0 saturated carbocycles. The molecule has 0 aromatic heterocycles. The molecule has 0 fully saturated rings. The quantitative estimate of drug-likeness (QED) is 0.630. The lowest BCUT2D eigenvalue weighted by Gasteiger charge is -2.11. The zero-order chi connectivity index (χ0) is 19.1. The Kier molecular flexibility index (Phi) is 6.23. The maximum atomic E-state index is 12.2. The van der Waals surface area contributed by atoms with Crippen molar-refractivity contribution in [2.75, 3.05) is 11.9 Å². The van der Waals surface area contributed by atoms with Crippen molar-refractivity contribution in [3.63, 3.8) is 0 Å². The van der Waals surface area contributed by atoms with E-state index in [4.69, 9.17) is 16.3 Å². The number of carbonyl (C=O) groups excluding carboxylic acids is 2. The number of amides is 1. The van der Waals surface area contributed by atoms with E-state index in [9.17, 15) is 9.59 Å². The van der Waals surface area contributed by atoms with Crippen LogP contribution in [-0.4, -0.2) is 18.5 Å². The van der Waals surface area contributed by atoms with Gasteiger partial charge in [0, 0.05) is 10.7 Å². The van der Waals surface area contributed by atoms with Crippen molar-refractivity contribution >= 4 is 29.2 Å². The second kappa shape index (κ2) is 9.01. The van der Waals surface area contributed by atoms with E-state index in [0.717, 1.165) is 11.1 Å². The molecule has 0 saturated heterocycles. The first kappa shape index (κ1) is 18.7. The first-order valence-electron chi connectivity index (χ1n) is 8.46. The third-order valence-corrected chi connectivity index (χ3v) is 4.16. The van der Waals surface area contributed by atoms with Crippen LogP contribution in [0.15, 0.2) is 78.9 Å². The van der Waals surface area contributed by atoms with Crippen LogP contribution in [0, 0.1) is 0 Å². The topological polar surface area (TPSA) is 55.4 Å². The summed E-state index contributed by atoms with van der Waals surface area (Å²) >= 11 is 5.86. The molecule has 1 amide bonds. The molecule has 3 rings (SSSR count). The summed E-state index contributed by atoms with van der Waals surface area (Å²) in [5.41, 5.74) is 3.13. The van der Waals surface area contributed by atoms with Crippen molar-refractivity contribution in [1.82, 2.24) is 0 Å². The minimum absolute atomic E-state index is 0.305. The molecule has 0 bridgehead atoms. The van der Waals surface area contributed by atoms with Gasteiger partial charge in [-0.1, -0.05) is 66.2 Å². The van der Waals surface area contributed by atoms with Crippen molar-refractivity contribution in [2.45, 2.75) is 6.42 Å². The van der Waals surface area contributed by atoms with Crippen molar-refractivity contribution < 1.29 is 14.3 Å². The maximum Gasteiger partial charge on any atom is 0.338 e. The van der Waals surface area contributed by atoms with E-state index in [-0.39, 0.29) is 6.61 Å². The minimum Gasteiger partial charge on any atom is -0.452 e. The van der Waals surface area contributed by atoms with Crippen LogP contribution >= 0.6 is 11.6 Å². The molecule has 0 spiro atoms. The largest absolute Gasteiger partial charge is 0.452 e. The fourth-order valence-electron chi connectivity index (χ4n) is 2.63. The number of carbonyl (C=O) groups is 2. The lowest BCUT2D eigenvalue weighted by atomic mass is 10.0. The third kappa shape index (κ3) is 5.43. The summed E-state index contributed by atoms with van der Waals surface area (Å²) in [5.74, 6) is -0.990. The van der Waals surface area contributed by atoms with Crippen LogP contribution in [0.5, 0.6) is 0 Å². The second-order valence-electron chi connectivity index (χ2n) is 5.95. The first-order chi connectivity index (χ1) is 13.1. The average Bonchev–Trinajstić information content (AvgIpc) is 2.68. The van der Waals surface area contributed by atoms with Gasteiger partial charge < -0.3 is 10.1 Å². The summed E-state index contributed by atoms with van der Waals surface area (Å²) in [5, 5.41) is 3.24. The Hall–Kier alpha value is -3.11. The Balaban J connectivity index is 1.60. The number of esters is 1. The van der Waals surface area contributed by atoms with Crippen LogP contribution in [0.4, 0.5) is 5.69 Å². The Morgan fingerprint density at radius 1 is 0.889 bits per heavy atom. The van der Waals surface area contributed by atoms with Crippen LogP contribution in [0.3, 0.4) is 0 Å². The number of halogens is 1. The Morgan fingerprint density at radius 3 is 2.41 bits per heavy atom.